The van der Waals surface area contributed by atoms with Crippen LogP contribution in [-0.4, -0.2) is 25.7 Å². The van der Waals surface area contributed by atoms with E-state index in [1.807, 2.05) is 0 Å². The first-order valence-corrected chi connectivity index (χ1v) is 6.27. The van der Waals surface area contributed by atoms with Crippen LogP contribution in [-0.2, 0) is 19.1 Å². The van der Waals surface area contributed by atoms with Crippen molar-refractivity contribution in [1.29, 1.82) is 0 Å². The van der Waals surface area contributed by atoms with Crippen molar-refractivity contribution in [2.75, 3.05) is 13.7 Å². The zero-order valence-electron chi connectivity index (χ0n) is 11.5. The largest absolute Gasteiger partial charge is 0.469 e. The average molecular weight is 280 g/mol. The number of halogens is 1. The highest BCUT2D eigenvalue weighted by Gasteiger charge is 2.12. The molecule has 0 bridgehead atoms. The number of hydrogen-bond acceptors (Lipinski definition) is 4. The van der Waals surface area contributed by atoms with Gasteiger partial charge >= 0.3 is 11.9 Å². The molecule has 0 unspecified atom stereocenters. The molecule has 0 radical (unpaired) electrons. The first-order valence-electron chi connectivity index (χ1n) is 6.27. The number of allylic oxidation sites excluding steroid dienone is 1. The van der Waals surface area contributed by atoms with Crippen molar-refractivity contribution in [3.8, 4) is 0 Å². The second-order valence-electron chi connectivity index (χ2n) is 3.98. The van der Waals surface area contributed by atoms with Crippen molar-refractivity contribution in [1.82, 2.24) is 0 Å². The molecule has 20 heavy (non-hydrogen) atoms. The van der Waals surface area contributed by atoms with Crippen LogP contribution in [0.4, 0.5) is 4.39 Å². The third-order valence-corrected chi connectivity index (χ3v) is 2.62. The van der Waals surface area contributed by atoms with Gasteiger partial charge in [-0.05, 0) is 25.0 Å². The summed E-state index contributed by atoms with van der Waals surface area (Å²) in [4.78, 5) is 22.7. The molecular formula is C15H17FO4. The molecule has 0 aromatic heterocycles. The predicted molar refractivity (Wildman–Crippen MR) is 72.3 cm³/mol. The van der Waals surface area contributed by atoms with Gasteiger partial charge in [-0.3, -0.25) is 4.79 Å². The van der Waals surface area contributed by atoms with E-state index in [4.69, 9.17) is 4.74 Å². The first kappa shape index (κ1) is 15.9. The Bertz CT molecular complexity index is 508. The van der Waals surface area contributed by atoms with Gasteiger partial charge in [0.05, 0.1) is 13.7 Å². The molecule has 1 aromatic rings. The first-order chi connectivity index (χ1) is 9.58. The quantitative estimate of drug-likeness (QED) is 0.594. The number of carbonyl (C=O) groups is 2. The molecule has 4 nitrogen and oxygen atoms in total. The second kappa shape index (κ2) is 8.09. The highest BCUT2D eigenvalue weighted by Crippen LogP contribution is 2.23. The van der Waals surface area contributed by atoms with Crippen molar-refractivity contribution in [2.45, 2.75) is 19.8 Å². The fraction of sp³-hybridized carbons (Fsp3) is 0.333. The van der Waals surface area contributed by atoms with Gasteiger partial charge < -0.3 is 9.47 Å². The minimum Gasteiger partial charge on any atom is -0.469 e. The lowest BCUT2D eigenvalue weighted by Gasteiger charge is -2.08. The van der Waals surface area contributed by atoms with Gasteiger partial charge in [0.2, 0.25) is 0 Å². The number of benzene rings is 1. The predicted octanol–water partition coefficient (Wildman–Crippen LogP) is 2.73. The summed E-state index contributed by atoms with van der Waals surface area (Å²) in [6, 6.07) is 6.07. The maximum Gasteiger partial charge on any atom is 0.331 e. The molecule has 5 heteroatoms. The van der Waals surface area contributed by atoms with E-state index < -0.39 is 17.8 Å². The monoisotopic (exact) mass is 280 g/mol. The molecule has 0 saturated heterocycles. The number of carbonyl (C=O) groups excluding carboxylic acids is 2. The third-order valence-electron chi connectivity index (χ3n) is 2.62. The Morgan fingerprint density at radius 3 is 2.55 bits per heavy atom. The number of esters is 2. The van der Waals surface area contributed by atoms with Crippen molar-refractivity contribution < 1.29 is 23.5 Å². The summed E-state index contributed by atoms with van der Waals surface area (Å²) in [5, 5.41) is 0. The van der Waals surface area contributed by atoms with Gasteiger partial charge in [-0.25, -0.2) is 9.18 Å². The van der Waals surface area contributed by atoms with Gasteiger partial charge in [0, 0.05) is 18.1 Å². The zero-order valence-corrected chi connectivity index (χ0v) is 11.5. The Hall–Kier alpha value is -2.17. The van der Waals surface area contributed by atoms with E-state index in [-0.39, 0.29) is 25.0 Å². The number of rotatable bonds is 6. The van der Waals surface area contributed by atoms with Crippen molar-refractivity contribution in [3.63, 3.8) is 0 Å². The van der Waals surface area contributed by atoms with Gasteiger partial charge in [-0.2, -0.15) is 0 Å². The number of methoxy groups -OCH3 is 1. The zero-order chi connectivity index (χ0) is 15.0. The maximum absolute atomic E-state index is 13.8. The third kappa shape index (κ3) is 4.84. The summed E-state index contributed by atoms with van der Waals surface area (Å²) in [6.45, 7) is 1.92. The summed E-state index contributed by atoms with van der Waals surface area (Å²) >= 11 is 0. The van der Waals surface area contributed by atoms with E-state index in [1.54, 1.807) is 25.1 Å². The minimum atomic E-state index is -0.560. The van der Waals surface area contributed by atoms with Crippen LogP contribution in [0.3, 0.4) is 0 Å². The highest BCUT2D eigenvalue weighted by atomic mass is 19.1. The van der Waals surface area contributed by atoms with Crippen molar-refractivity contribution in [2.24, 2.45) is 0 Å². The Morgan fingerprint density at radius 1 is 1.25 bits per heavy atom. The van der Waals surface area contributed by atoms with Crippen molar-refractivity contribution in [3.05, 3.63) is 41.7 Å². The van der Waals surface area contributed by atoms with Crippen LogP contribution in [0.25, 0.3) is 5.57 Å². The summed E-state index contributed by atoms with van der Waals surface area (Å²) < 4.78 is 23.1. The smallest absolute Gasteiger partial charge is 0.331 e. The van der Waals surface area contributed by atoms with E-state index in [1.165, 1.54) is 19.3 Å². The lowest BCUT2D eigenvalue weighted by molar-refractivity contribution is -0.140. The Labute approximate surface area is 117 Å². The van der Waals surface area contributed by atoms with Gasteiger partial charge in [0.15, 0.2) is 0 Å². The van der Waals surface area contributed by atoms with Crippen LogP contribution in [0.1, 0.15) is 25.3 Å². The Balaban J connectivity index is 2.98. The lowest BCUT2D eigenvalue weighted by Crippen LogP contribution is -2.04. The van der Waals surface area contributed by atoms with Crippen molar-refractivity contribution >= 4 is 17.5 Å². The number of hydrogen-bond donors (Lipinski definition) is 0. The Kier molecular flexibility index (Phi) is 6.43. The molecule has 0 spiro atoms. The molecule has 0 amide bonds. The van der Waals surface area contributed by atoms with Gasteiger partial charge in [-0.1, -0.05) is 18.2 Å². The SMILES string of the molecule is CCOC(=O)/C=C(/CCC(=O)OC)c1ccccc1F. The molecule has 0 aliphatic heterocycles. The molecule has 0 fully saturated rings. The fourth-order valence-corrected chi connectivity index (χ4v) is 1.67. The van der Waals surface area contributed by atoms with Crippen LogP contribution < -0.4 is 0 Å². The standard InChI is InChI=1S/C15H17FO4/c1-3-20-15(18)10-11(8-9-14(17)19-2)12-6-4-5-7-13(12)16/h4-7,10H,3,8-9H2,1-2H3/b11-10-. The van der Waals surface area contributed by atoms with E-state index in [2.05, 4.69) is 4.74 Å². The average Bonchev–Trinajstić information content (AvgIpc) is 2.44. The molecule has 0 heterocycles. The normalized spacial score (nSPS) is 11.1. The summed E-state index contributed by atoms with van der Waals surface area (Å²) in [6.07, 6.45) is 1.48. The van der Waals surface area contributed by atoms with Crippen LogP contribution >= 0.6 is 0 Å². The fourth-order valence-electron chi connectivity index (χ4n) is 1.67. The van der Waals surface area contributed by atoms with E-state index in [9.17, 15) is 14.0 Å². The highest BCUT2D eigenvalue weighted by molar-refractivity contribution is 5.92. The molecular weight excluding hydrogens is 263 g/mol. The topological polar surface area (TPSA) is 52.6 Å². The molecule has 0 aliphatic rings. The number of ether oxygens (including phenoxy) is 2. The van der Waals surface area contributed by atoms with Gasteiger partial charge in [0.25, 0.3) is 0 Å². The molecule has 0 atom stereocenters. The molecule has 0 saturated carbocycles. The van der Waals surface area contributed by atoms with Gasteiger partial charge in [-0.15, -0.1) is 0 Å². The summed E-state index contributed by atoms with van der Waals surface area (Å²) in [5.74, 6) is -1.43. The van der Waals surface area contributed by atoms with E-state index >= 15 is 0 Å². The maximum atomic E-state index is 13.8. The molecule has 1 rings (SSSR count). The van der Waals surface area contributed by atoms with E-state index in [0.29, 0.717) is 5.57 Å². The van der Waals surface area contributed by atoms with Crippen LogP contribution in [0.15, 0.2) is 30.3 Å². The van der Waals surface area contributed by atoms with Crippen LogP contribution in [0, 0.1) is 5.82 Å². The molecule has 0 N–H and O–H groups in total. The van der Waals surface area contributed by atoms with E-state index in [0.717, 1.165) is 0 Å². The molecule has 1 aromatic carbocycles. The van der Waals surface area contributed by atoms with Crippen LogP contribution in [0.2, 0.25) is 0 Å². The summed E-state index contributed by atoms with van der Waals surface area (Å²) in [5.41, 5.74) is 0.691. The lowest BCUT2D eigenvalue weighted by atomic mass is 10.00. The van der Waals surface area contributed by atoms with Crippen LogP contribution in [0.5, 0.6) is 0 Å². The molecule has 108 valence electrons. The minimum absolute atomic E-state index is 0.0655. The van der Waals surface area contributed by atoms with Gasteiger partial charge in [0.1, 0.15) is 5.82 Å². The molecule has 0 aliphatic carbocycles. The summed E-state index contributed by atoms with van der Waals surface area (Å²) in [7, 11) is 1.28. The second-order valence-corrected chi connectivity index (χ2v) is 3.98. The Morgan fingerprint density at radius 2 is 1.95 bits per heavy atom.